The summed E-state index contributed by atoms with van der Waals surface area (Å²) in [6.45, 7) is -0.179. The van der Waals surface area contributed by atoms with Crippen LogP contribution in [0.2, 0.25) is 0 Å². The minimum Gasteiger partial charge on any atom is -0.508 e. The second-order valence-corrected chi connectivity index (χ2v) is 4.64. The molecule has 0 aliphatic heterocycles. The summed E-state index contributed by atoms with van der Waals surface area (Å²) in [5, 5.41) is 9.98. The highest BCUT2D eigenvalue weighted by Crippen LogP contribution is 2.22. The molecule has 0 fully saturated rings. The average molecular weight is 313 g/mol. The fraction of sp³-hybridized carbons (Fsp3) is 0.0667. The van der Waals surface area contributed by atoms with Crippen LogP contribution in [-0.2, 0) is 11.3 Å². The first-order valence-electron chi connectivity index (χ1n) is 6.54. The largest absolute Gasteiger partial charge is 0.508 e. The van der Waals surface area contributed by atoms with E-state index in [0.717, 1.165) is 0 Å². The van der Waals surface area contributed by atoms with Gasteiger partial charge in [0.05, 0.1) is 0 Å². The Morgan fingerprint density at radius 1 is 1.26 bits per heavy atom. The molecular formula is C15H11N3O5. The van der Waals surface area contributed by atoms with E-state index in [2.05, 4.69) is 9.97 Å². The topological polar surface area (TPSA) is 129 Å². The van der Waals surface area contributed by atoms with Crippen molar-refractivity contribution in [3.05, 3.63) is 58.3 Å². The molecule has 116 valence electrons. The number of benzene rings is 1. The maximum absolute atomic E-state index is 12.0. The zero-order valence-corrected chi connectivity index (χ0v) is 11.7. The average Bonchev–Trinajstić information content (AvgIpc) is 2.52. The zero-order chi connectivity index (χ0) is 16.4. The number of hydrogen-bond acceptors (Lipinski definition) is 8. The van der Waals surface area contributed by atoms with Gasteiger partial charge < -0.3 is 20.0 Å². The van der Waals surface area contributed by atoms with E-state index in [4.69, 9.17) is 14.9 Å². The highest BCUT2D eigenvalue weighted by atomic mass is 16.5. The van der Waals surface area contributed by atoms with Gasteiger partial charge in [0.25, 0.3) is 0 Å². The third kappa shape index (κ3) is 2.95. The maximum atomic E-state index is 12.0. The molecule has 0 bridgehead atoms. The van der Waals surface area contributed by atoms with Crippen LogP contribution in [0.1, 0.15) is 16.1 Å². The summed E-state index contributed by atoms with van der Waals surface area (Å²) in [4.78, 5) is 31.1. The first-order valence-corrected chi connectivity index (χ1v) is 6.54. The quantitative estimate of drug-likeness (QED) is 0.545. The van der Waals surface area contributed by atoms with Crippen molar-refractivity contribution in [2.45, 2.75) is 6.61 Å². The molecule has 0 unspecified atom stereocenters. The van der Waals surface area contributed by atoms with E-state index in [0.29, 0.717) is 10.9 Å². The molecule has 0 aliphatic carbocycles. The molecule has 3 aromatic rings. The molecule has 0 saturated heterocycles. The standard InChI is InChI=1S/C15H11N3O5/c16-14-13(17-3-4-18-14)15(21)22-7-8-5-12(20)23-11-6-9(19)1-2-10(8)11/h1-6,19H,7H2,(H2,16,18). The van der Waals surface area contributed by atoms with Crippen LogP contribution in [0, 0.1) is 0 Å². The predicted molar refractivity (Wildman–Crippen MR) is 79.7 cm³/mol. The van der Waals surface area contributed by atoms with Crippen LogP contribution in [0.5, 0.6) is 5.75 Å². The molecule has 2 heterocycles. The van der Waals surface area contributed by atoms with E-state index in [1.54, 1.807) is 6.07 Å². The van der Waals surface area contributed by atoms with E-state index < -0.39 is 11.6 Å². The molecule has 3 N–H and O–H groups in total. The van der Waals surface area contributed by atoms with Gasteiger partial charge in [0.15, 0.2) is 11.5 Å². The summed E-state index contributed by atoms with van der Waals surface area (Å²) in [7, 11) is 0. The van der Waals surface area contributed by atoms with Crippen molar-refractivity contribution in [3.63, 3.8) is 0 Å². The van der Waals surface area contributed by atoms with Gasteiger partial charge in [0.2, 0.25) is 0 Å². The van der Waals surface area contributed by atoms with Crippen molar-refractivity contribution in [2.24, 2.45) is 0 Å². The zero-order valence-electron chi connectivity index (χ0n) is 11.7. The molecule has 23 heavy (non-hydrogen) atoms. The molecule has 1 aromatic carbocycles. The van der Waals surface area contributed by atoms with Gasteiger partial charge in [0, 0.05) is 35.5 Å². The molecule has 8 heteroatoms. The predicted octanol–water partition coefficient (Wildman–Crippen LogP) is 1.23. The Morgan fingerprint density at radius 3 is 2.83 bits per heavy atom. The summed E-state index contributed by atoms with van der Waals surface area (Å²) < 4.78 is 10.1. The van der Waals surface area contributed by atoms with Gasteiger partial charge in [-0.05, 0) is 12.1 Å². The van der Waals surface area contributed by atoms with Crippen LogP contribution in [0.4, 0.5) is 5.82 Å². The van der Waals surface area contributed by atoms with Crippen LogP contribution in [0.15, 0.2) is 45.9 Å². The van der Waals surface area contributed by atoms with Gasteiger partial charge >= 0.3 is 11.6 Å². The van der Waals surface area contributed by atoms with Crippen LogP contribution in [-0.4, -0.2) is 21.0 Å². The van der Waals surface area contributed by atoms with E-state index in [1.165, 1.54) is 30.6 Å². The van der Waals surface area contributed by atoms with Crippen molar-refractivity contribution in [1.82, 2.24) is 9.97 Å². The summed E-state index contributed by atoms with van der Waals surface area (Å²) in [6.07, 6.45) is 2.68. The molecule has 0 spiro atoms. The molecule has 2 aromatic heterocycles. The molecule has 0 saturated carbocycles. The van der Waals surface area contributed by atoms with Crippen LogP contribution >= 0.6 is 0 Å². The lowest BCUT2D eigenvalue weighted by Gasteiger charge is -2.07. The number of phenolic OH excluding ortho intramolecular Hbond substituents is 1. The number of esters is 1. The SMILES string of the molecule is Nc1nccnc1C(=O)OCc1cc(=O)oc2cc(O)ccc12. The normalized spacial score (nSPS) is 10.6. The number of nitrogens with two attached hydrogens (primary N) is 1. The Kier molecular flexibility index (Phi) is 3.63. The van der Waals surface area contributed by atoms with E-state index in [9.17, 15) is 14.7 Å². The van der Waals surface area contributed by atoms with Gasteiger partial charge in [-0.25, -0.2) is 19.6 Å². The van der Waals surface area contributed by atoms with Gasteiger partial charge in [-0.2, -0.15) is 0 Å². The second-order valence-electron chi connectivity index (χ2n) is 4.64. The number of aromatic hydroxyl groups is 1. The molecule has 0 atom stereocenters. The highest BCUT2D eigenvalue weighted by Gasteiger charge is 2.15. The Morgan fingerprint density at radius 2 is 2.04 bits per heavy atom. The number of phenols is 1. The van der Waals surface area contributed by atoms with E-state index >= 15 is 0 Å². The fourth-order valence-corrected chi connectivity index (χ4v) is 2.06. The van der Waals surface area contributed by atoms with Gasteiger partial charge in [-0.3, -0.25) is 0 Å². The number of carbonyl (C=O) groups excluding carboxylic acids is 1. The summed E-state index contributed by atoms with van der Waals surface area (Å²) in [6, 6.07) is 5.52. The van der Waals surface area contributed by atoms with Crippen molar-refractivity contribution < 1.29 is 19.1 Å². The highest BCUT2D eigenvalue weighted by molar-refractivity contribution is 5.92. The van der Waals surface area contributed by atoms with Crippen molar-refractivity contribution >= 4 is 22.8 Å². The lowest BCUT2D eigenvalue weighted by molar-refractivity contribution is 0.0467. The summed E-state index contributed by atoms with van der Waals surface area (Å²) >= 11 is 0. The Hall–Kier alpha value is -3.42. The van der Waals surface area contributed by atoms with Crippen molar-refractivity contribution in [2.75, 3.05) is 5.73 Å². The first kappa shape index (κ1) is 14.5. The van der Waals surface area contributed by atoms with Gasteiger partial charge in [0.1, 0.15) is 17.9 Å². The second kappa shape index (κ2) is 5.76. The third-order valence-corrected chi connectivity index (χ3v) is 3.09. The van der Waals surface area contributed by atoms with E-state index in [-0.39, 0.29) is 29.5 Å². The number of aromatic nitrogens is 2. The summed E-state index contributed by atoms with van der Waals surface area (Å²) in [5.41, 5.74) is 5.47. The van der Waals surface area contributed by atoms with Crippen molar-refractivity contribution in [3.8, 4) is 5.75 Å². The number of carbonyl (C=O) groups is 1. The Labute approximate surface area is 129 Å². The first-order chi connectivity index (χ1) is 11.0. The molecule has 3 rings (SSSR count). The van der Waals surface area contributed by atoms with Crippen molar-refractivity contribution in [1.29, 1.82) is 0 Å². The number of fused-ring (bicyclic) bond motifs is 1. The van der Waals surface area contributed by atoms with Crippen LogP contribution in [0.25, 0.3) is 11.0 Å². The fourth-order valence-electron chi connectivity index (χ4n) is 2.06. The molecule has 8 nitrogen and oxygen atoms in total. The Bertz CT molecular complexity index is 951. The van der Waals surface area contributed by atoms with Crippen LogP contribution < -0.4 is 11.4 Å². The number of anilines is 1. The minimum atomic E-state index is -0.754. The number of hydrogen-bond donors (Lipinski definition) is 2. The molecule has 0 aliphatic rings. The number of nitrogen functional groups attached to an aromatic ring is 1. The number of ether oxygens (including phenoxy) is 1. The number of rotatable bonds is 3. The number of nitrogens with zero attached hydrogens (tertiary/aromatic N) is 2. The third-order valence-electron chi connectivity index (χ3n) is 3.09. The van der Waals surface area contributed by atoms with Gasteiger partial charge in [-0.15, -0.1) is 0 Å². The van der Waals surface area contributed by atoms with E-state index in [1.807, 2.05) is 0 Å². The van der Waals surface area contributed by atoms with Crippen LogP contribution in [0.3, 0.4) is 0 Å². The smallest absolute Gasteiger partial charge is 0.361 e. The van der Waals surface area contributed by atoms with Gasteiger partial charge in [-0.1, -0.05) is 0 Å². The molecule has 0 radical (unpaired) electrons. The minimum absolute atomic E-state index is 0.0397. The lowest BCUT2D eigenvalue weighted by Crippen LogP contribution is -2.12. The maximum Gasteiger partial charge on any atom is 0.361 e. The monoisotopic (exact) mass is 313 g/mol. The Balaban J connectivity index is 1.89. The molecular weight excluding hydrogens is 302 g/mol. The molecule has 0 amide bonds. The lowest BCUT2D eigenvalue weighted by atomic mass is 10.1. The summed E-state index contributed by atoms with van der Waals surface area (Å²) in [5.74, 6) is -0.835.